The molecule has 0 bridgehead atoms. The lowest BCUT2D eigenvalue weighted by Gasteiger charge is -2.19. The van der Waals surface area contributed by atoms with Crippen molar-refractivity contribution >= 4 is 27.8 Å². The predicted molar refractivity (Wildman–Crippen MR) is 77.8 cm³/mol. The maximum atomic E-state index is 12.1. The number of thiophene rings is 1. The maximum absolute atomic E-state index is 12.1. The summed E-state index contributed by atoms with van der Waals surface area (Å²) in [5.41, 5.74) is 6.59. The van der Waals surface area contributed by atoms with Crippen LogP contribution >= 0.6 is 11.3 Å². The molecular formula is C14H20N2O2S. The maximum Gasteiger partial charge on any atom is 0.178 e. The number of anilines is 2. The summed E-state index contributed by atoms with van der Waals surface area (Å²) in [6.45, 7) is 0. The normalized spacial score (nSPS) is 26.6. The Balaban J connectivity index is 1.71. The molecule has 0 aliphatic heterocycles. The van der Waals surface area contributed by atoms with Crippen molar-refractivity contribution in [2.45, 2.75) is 44.2 Å². The van der Waals surface area contributed by atoms with Crippen molar-refractivity contribution in [3.63, 3.8) is 0 Å². The van der Waals surface area contributed by atoms with Crippen molar-refractivity contribution in [2.24, 2.45) is 5.92 Å². The number of hydrogen-bond acceptors (Lipinski definition) is 5. The number of nitrogen functional groups attached to an aromatic ring is 1. The lowest BCUT2D eigenvalue weighted by Crippen LogP contribution is -2.29. The highest BCUT2D eigenvalue weighted by Crippen LogP contribution is 2.39. The standard InChI is InChI=1S/C14H20N2O2S/c1-18-11-4-2-3-10(11)16-12-7-9(15)14(19-12)13(17)8-5-6-8/h7-8,10-11,16H,2-6,15H2,1H3. The third-order valence-corrected chi connectivity index (χ3v) is 5.11. The van der Waals surface area contributed by atoms with Gasteiger partial charge in [-0.25, -0.2) is 0 Å². The van der Waals surface area contributed by atoms with Crippen LogP contribution in [0.25, 0.3) is 0 Å². The van der Waals surface area contributed by atoms with Crippen molar-refractivity contribution in [3.05, 3.63) is 10.9 Å². The highest BCUT2D eigenvalue weighted by atomic mass is 32.1. The van der Waals surface area contributed by atoms with Crippen LogP contribution in [0.1, 0.15) is 41.8 Å². The molecule has 0 saturated heterocycles. The zero-order valence-electron chi connectivity index (χ0n) is 11.1. The highest BCUT2D eigenvalue weighted by Gasteiger charge is 2.33. The highest BCUT2D eigenvalue weighted by molar-refractivity contribution is 7.18. The first-order chi connectivity index (χ1) is 9.19. The Hall–Kier alpha value is -1.07. The molecule has 0 aromatic carbocycles. The van der Waals surface area contributed by atoms with Crippen LogP contribution in [-0.4, -0.2) is 25.0 Å². The summed E-state index contributed by atoms with van der Waals surface area (Å²) in [5, 5.41) is 4.47. The number of hydrogen-bond donors (Lipinski definition) is 2. The van der Waals surface area contributed by atoms with E-state index in [9.17, 15) is 4.79 Å². The van der Waals surface area contributed by atoms with E-state index in [1.54, 1.807) is 7.11 Å². The van der Waals surface area contributed by atoms with Gasteiger partial charge in [-0.05, 0) is 38.2 Å². The molecule has 0 radical (unpaired) electrons. The molecule has 4 nitrogen and oxygen atoms in total. The van der Waals surface area contributed by atoms with E-state index < -0.39 is 0 Å². The van der Waals surface area contributed by atoms with Gasteiger partial charge in [0, 0.05) is 13.0 Å². The minimum atomic E-state index is 0.227. The van der Waals surface area contributed by atoms with Gasteiger partial charge in [0.05, 0.1) is 27.7 Å². The van der Waals surface area contributed by atoms with E-state index in [0.717, 1.165) is 35.6 Å². The smallest absolute Gasteiger partial charge is 0.178 e. The Bertz CT molecular complexity index is 482. The quantitative estimate of drug-likeness (QED) is 0.814. The van der Waals surface area contributed by atoms with E-state index in [-0.39, 0.29) is 17.8 Å². The first-order valence-corrected chi connectivity index (χ1v) is 7.73. The zero-order chi connectivity index (χ0) is 13.4. The van der Waals surface area contributed by atoms with E-state index in [2.05, 4.69) is 5.32 Å². The number of ketones is 1. The average Bonchev–Trinajstić information content (AvgIpc) is 3.05. The SMILES string of the molecule is COC1CCCC1Nc1cc(N)c(C(=O)C2CC2)s1. The molecule has 2 fully saturated rings. The van der Waals surface area contributed by atoms with Gasteiger partial charge in [-0.3, -0.25) is 4.79 Å². The van der Waals surface area contributed by atoms with E-state index in [0.29, 0.717) is 11.7 Å². The molecule has 3 N–H and O–H groups in total. The first-order valence-electron chi connectivity index (χ1n) is 6.92. The van der Waals surface area contributed by atoms with Crippen molar-refractivity contribution in [2.75, 3.05) is 18.2 Å². The second-order valence-electron chi connectivity index (χ2n) is 5.49. The molecule has 5 heteroatoms. The van der Waals surface area contributed by atoms with Crippen LogP contribution in [0.2, 0.25) is 0 Å². The van der Waals surface area contributed by atoms with E-state index in [1.807, 2.05) is 6.07 Å². The Kier molecular flexibility index (Phi) is 3.50. The molecule has 3 rings (SSSR count). The number of methoxy groups -OCH3 is 1. The van der Waals surface area contributed by atoms with E-state index in [4.69, 9.17) is 10.5 Å². The number of carbonyl (C=O) groups is 1. The molecule has 1 aromatic rings. The monoisotopic (exact) mass is 280 g/mol. The van der Waals surface area contributed by atoms with Crippen molar-refractivity contribution in [3.8, 4) is 0 Å². The summed E-state index contributed by atoms with van der Waals surface area (Å²) in [7, 11) is 1.76. The Morgan fingerprint density at radius 3 is 2.89 bits per heavy atom. The second kappa shape index (κ2) is 5.13. The van der Waals surface area contributed by atoms with E-state index >= 15 is 0 Å². The summed E-state index contributed by atoms with van der Waals surface area (Å²) in [5.74, 6) is 0.456. The molecule has 0 amide bonds. The van der Waals surface area contributed by atoms with Crippen LogP contribution in [0.4, 0.5) is 10.7 Å². The fourth-order valence-electron chi connectivity index (χ4n) is 2.76. The van der Waals surface area contributed by atoms with Gasteiger partial charge < -0.3 is 15.8 Å². The van der Waals surface area contributed by atoms with Crippen LogP contribution in [-0.2, 0) is 4.74 Å². The molecule has 0 spiro atoms. The van der Waals surface area contributed by atoms with Crippen LogP contribution in [0.3, 0.4) is 0 Å². The molecule has 1 heterocycles. The lowest BCUT2D eigenvalue weighted by molar-refractivity contribution is 0.0972. The van der Waals surface area contributed by atoms with Gasteiger partial charge in [0.15, 0.2) is 5.78 Å². The summed E-state index contributed by atoms with van der Waals surface area (Å²) in [6, 6.07) is 2.23. The fourth-order valence-corrected chi connectivity index (χ4v) is 3.82. The van der Waals surface area contributed by atoms with Crippen molar-refractivity contribution in [1.29, 1.82) is 0 Å². The molecule has 2 aliphatic rings. The van der Waals surface area contributed by atoms with Crippen LogP contribution < -0.4 is 11.1 Å². The number of rotatable bonds is 5. The molecule has 19 heavy (non-hydrogen) atoms. The predicted octanol–water partition coefficient (Wildman–Crippen LogP) is 2.90. The molecule has 2 unspecified atom stereocenters. The summed E-state index contributed by atoms with van der Waals surface area (Å²) >= 11 is 1.49. The van der Waals surface area contributed by atoms with Crippen LogP contribution in [0.5, 0.6) is 0 Å². The topological polar surface area (TPSA) is 64.3 Å². The van der Waals surface area contributed by atoms with Gasteiger partial charge in [-0.2, -0.15) is 0 Å². The summed E-state index contributed by atoms with van der Waals surface area (Å²) in [6.07, 6.45) is 5.71. The van der Waals surface area contributed by atoms with Gasteiger partial charge in [0.25, 0.3) is 0 Å². The molecule has 2 saturated carbocycles. The third kappa shape index (κ3) is 2.62. The van der Waals surface area contributed by atoms with Gasteiger partial charge in [-0.1, -0.05) is 0 Å². The minimum Gasteiger partial charge on any atom is -0.397 e. The first kappa shape index (κ1) is 12.9. The van der Waals surface area contributed by atoms with Crippen LogP contribution in [0.15, 0.2) is 6.07 Å². The van der Waals surface area contributed by atoms with Crippen LogP contribution in [0, 0.1) is 5.92 Å². The molecule has 104 valence electrons. The molecule has 2 atom stereocenters. The van der Waals surface area contributed by atoms with E-state index in [1.165, 1.54) is 17.8 Å². The number of carbonyl (C=O) groups excluding carboxylic acids is 1. The average molecular weight is 280 g/mol. The van der Waals surface area contributed by atoms with Crippen molar-refractivity contribution in [1.82, 2.24) is 0 Å². The minimum absolute atomic E-state index is 0.227. The zero-order valence-corrected chi connectivity index (χ0v) is 12.0. The lowest BCUT2D eigenvalue weighted by atomic mass is 10.2. The molecular weight excluding hydrogens is 260 g/mol. The summed E-state index contributed by atoms with van der Waals surface area (Å²) < 4.78 is 5.47. The third-order valence-electron chi connectivity index (χ3n) is 4.02. The molecule has 2 aliphatic carbocycles. The Morgan fingerprint density at radius 1 is 1.42 bits per heavy atom. The number of nitrogens with two attached hydrogens (primary N) is 1. The van der Waals surface area contributed by atoms with Crippen molar-refractivity contribution < 1.29 is 9.53 Å². The Labute approximate surface area is 117 Å². The largest absolute Gasteiger partial charge is 0.397 e. The van der Waals surface area contributed by atoms with Gasteiger partial charge in [0.1, 0.15) is 0 Å². The number of nitrogens with one attached hydrogen (secondary N) is 1. The van der Waals surface area contributed by atoms with Gasteiger partial charge in [0.2, 0.25) is 0 Å². The number of Topliss-reactive ketones (excluding diaryl/α,β-unsaturated/α-hetero) is 1. The second-order valence-corrected chi connectivity index (χ2v) is 6.54. The molecule has 1 aromatic heterocycles. The number of ether oxygens (including phenoxy) is 1. The van der Waals surface area contributed by atoms with Gasteiger partial charge >= 0.3 is 0 Å². The van der Waals surface area contributed by atoms with Gasteiger partial charge in [-0.15, -0.1) is 11.3 Å². The summed E-state index contributed by atoms with van der Waals surface area (Å²) in [4.78, 5) is 12.8. The Morgan fingerprint density at radius 2 is 2.21 bits per heavy atom. The fraction of sp³-hybridized carbons (Fsp3) is 0.643.